The number of hydrogen-bond donors (Lipinski definition) is 1. The van der Waals surface area contributed by atoms with E-state index in [1.807, 2.05) is 18.2 Å². The molecule has 3 aromatic carbocycles. The minimum atomic E-state index is -1.86. The molecule has 0 fully saturated rings. The number of carboxylic acids is 1. The van der Waals surface area contributed by atoms with Gasteiger partial charge in [0.15, 0.2) is 0 Å². The first kappa shape index (κ1) is 20.4. The largest absolute Gasteiger partial charge is 1.00 e. The van der Waals surface area contributed by atoms with Crippen LogP contribution in [-0.2, 0) is 11.0 Å². The highest BCUT2D eigenvalue weighted by molar-refractivity contribution is 7.88. The second-order valence-electron chi connectivity index (χ2n) is 6.15. The van der Waals surface area contributed by atoms with Gasteiger partial charge in [-0.2, -0.15) is 0 Å². The standard InChI is InChI=1S/C22H21O2P.BrH/c23-22(24)16-17-25(20-12-6-2-7-13-20,21-14-8-3-9-15-21)18-19-10-4-1-5-11-19;/h1-15H,16-18H2;1H. The summed E-state index contributed by atoms with van der Waals surface area (Å²) in [6, 6.07) is 31.3. The highest BCUT2D eigenvalue weighted by Gasteiger charge is 2.42. The molecule has 0 bridgehead atoms. The number of aliphatic carboxylic acids is 1. The summed E-state index contributed by atoms with van der Waals surface area (Å²) in [5.41, 5.74) is 1.26. The lowest BCUT2D eigenvalue weighted by Crippen LogP contribution is -3.00. The van der Waals surface area contributed by atoms with Gasteiger partial charge >= 0.3 is 5.97 Å². The molecule has 0 heterocycles. The smallest absolute Gasteiger partial charge is 0.307 e. The van der Waals surface area contributed by atoms with Crippen molar-refractivity contribution in [2.75, 3.05) is 6.16 Å². The summed E-state index contributed by atoms with van der Waals surface area (Å²) in [6.45, 7) is 0. The van der Waals surface area contributed by atoms with Crippen LogP contribution in [0, 0.1) is 0 Å². The second-order valence-corrected chi connectivity index (χ2v) is 9.88. The molecule has 0 amide bonds. The topological polar surface area (TPSA) is 37.3 Å². The molecule has 0 unspecified atom stereocenters. The maximum Gasteiger partial charge on any atom is 0.307 e. The van der Waals surface area contributed by atoms with Gasteiger partial charge < -0.3 is 22.1 Å². The molecule has 2 nitrogen and oxygen atoms in total. The van der Waals surface area contributed by atoms with Crippen molar-refractivity contribution in [3.63, 3.8) is 0 Å². The molecule has 3 rings (SSSR count). The van der Waals surface area contributed by atoms with Crippen LogP contribution in [0.2, 0.25) is 0 Å². The van der Waals surface area contributed by atoms with Crippen molar-refractivity contribution in [3.05, 3.63) is 96.6 Å². The van der Waals surface area contributed by atoms with Crippen LogP contribution in [0.3, 0.4) is 0 Å². The summed E-state index contributed by atoms with van der Waals surface area (Å²) in [5.74, 6) is -0.732. The first-order chi connectivity index (χ1) is 12.2. The van der Waals surface area contributed by atoms with Crippen LogP contribution in [0.4, 0.5) is 0 Å². The Balaban J connectivity index is 0.00000243. The molecule has 4 heteroatoms. The summed E-state index contributed by atoms with van der Waals surface area (Å²) in [5, 5.41) is 11.9. The van der Waals surface area contributed by atoms with Gasteiger partial charge in [0.05, 0.1) is 36.6 Å². The molecule has 26 heavy (non-hydrogen) atoms. The number of benzene rings is 3. The van der Waals surface area contributed by atoms with Gasteiger partial charge in [0.2, 0.25) is 0 Å². The van der Waals surface area contributed by atoms with Crippen molar-refractivity contribution in [1.29, 1.82) is 0 Å². The quantitative estimate of drug-likeness (QED) is 0.576. The van der Waals surface area contributed by atoms with E-state index in [2.05, 4.69) is 72.8 Å². The van der Waals surface area contributed by atoms with Crippen LogP contribution >= 0.6 is 7.26 Å². The molecular weight excluding hydrogens is 407 g/mol. The number of hydrogen-bond acceptors (Lipinski definition) is 1. The van der Waals surface area contributed by atoms with Crippen LogP contribution in [0.15, 0.2) is 91.0 Å². The Morgan fingerprint density at radius 2 is 1.15 bits per heavy atom. The van der Waals surface area contributed by atoms with Gasteiger partial charge in [-0.1, -0.05) is 66.7 Å². The number of carbonyl (C=O) groups is 1. The molecule has 0 atom stereocenters. The van der Waals surface area contributed by atoms with Gasteiger partial charge in [0.25, 0.3) is 0 Å². The molecule has 1 N–H and O–H groups in total. The van der Waals surface area contributed by atoms with Crippen LogP contribution in [-0.4, -0.2) is 17.2 Å². The maximum atomic E-state index is 11.4. The molecule has 134 valence electrons. The van der Waals surface area contributed by atoms with E-state index in [4.69, 9.17) is 0 Å². The van der Waals surface area contributed by atoms with Crippen LogP contribution in [0.25, 0.3) is 0 Å². The van der Waals surface area contributed by atoms with E-state index in [9.17, 15) is 9.90 Å². The monoisotopic (exact) mass is 428 g/mol. The van der Waals surface area contributed by atoms with Crippen LogP contribution < -0.4 is 27.6 Å². The van der Waals surface area contributed by atoms with Crippen molar-refractivity contribution >= 4 is 23.8 Å². The lowest BCUT2D eigenvalue weighted by molar-refractivity contribution is -0.136. The highest BCUT2D eigenvalue weighted by Crippen LogP contribution is 2.59. The Bertz CT molecular complexity index is 768. The summed E-state index contributed by atoms with van der Waals surface area (Å²) in [7, 11) is -1.86. The van der Waals surface area contributed by atoms with E-state index in [1.54, 1.807) is 0 Å². The molecule has 0 saturated heterocycles. The molecule has 0 radical (unpaired) electrons. The summed E-state index contributed by atoms with van der Waals surface area (Å²) in [4.78, 5) is 11.4. The average molecular weight is 429 g/mol. The van der Waals surface area contributed by atoms with E-state index >= 15 is 0 Å². The van der Waals surface area contributed by atoms with Crippen molar-refractivity contribution < 1.29 is 26.9 Å². The lowest BCUT2D eigenvalue weighted by Gasteiger charge is -2.27. The van der Waals surface area contributed by atoms with E-state index in [-0.39, 0.29) is 23.4 Å². The molecular formula is C22H22BrO2P. The molecule has 0 saturated carbocycles. The number of rotatable bonds is 7. The zero-order valence-electron chi connectivity index (χ0n) is 14.5. The minimum Gasteiger partial charge on any atom is -1.00 e. The van der Waals surface area contributed by atoms with Crippen molar-refractivity contribution in [2.24, 2.45) is 0 Å². The summed E-state index contributed by atoms with van der Waals surface area (Å²) < 4.78 is 0. The second kappa shape index (κ2) is 9.66. The van der Waals surface area contributed by atoms with Crippen molar-refractivity contribution in [1.82, 2.24) is 0 Å². The molecule has 3 aromatic rings. The Labute approximate surface area is 166 Å². The zero-order chi connectivity index (χ0) is 17.5. The molecule has 0 aromatic heterocycles. The first-order valence-corrected chi connectivity index (χ1v) is 10.6. The van der Waals surface area contributed by atoms with Crippen LogP contribution in [0.5, 0.6) is 0 Å². The number of carboxylic acid groups (broad SMARTS) is 1. The van der Waals surface area contributed by atoms with Crippen molar-refractivity contribution in [2.45, 2.75) is 12.6 Å². The molecule has 0 aliphatic heterocycles. The fourth-order valence-corrected chi connectivity index (χ4v) is 7.51. The molecule has 0 aliphatic carbocycles. The Morgan fingerprint density at radius 1 is 0.731 bits per heavy atom. The summed E-state index contributed by atoms with van der Waals surface area (Å²) >= 11 is 0. The third-order valence-electron chi connectivity index (χ3n) is 4.50. The van der Waals surface area contributed by atoms with Crippen molar-refractivity contribution in [3.8, 4) is 0 Å². The predicted molar refractivity (Wildman–Crippen MR) is 106 cm³/mol. The fourth-order valence-electron chi connectivity index (χ4n) is 3.28. The minimum absolute atomic E-state index is 0. The SMILES string of the molecule is O=C(O)CC[P+](Cc1ccccc1)(c1ccccc1)c1ccccc1.[Br-]. The third kappa shape index (κ3) is 4.81. The fraction of sp³-hybridized carbons (Fsp3) is 0.136. The van der Waals surface area contributed by atoms with Gasteiger partial charge in [-0.15, -0.1) is 0 Å². The van der Waals surface area contributed by atoms with Crippen LogP contribution in [0.1, 0.15) is 12.0 Å². The van der Waals surface area contributed by atoms with Gasteiger partial charge in [0.1, 0.15) is 0 Å². The third-order valence-corrected chi connectivity index (χ3v) is 8.97. The van der Waals surface area contributed by atoms with E-state index < -0.39 is 13.2 Å². The molecule has 0 spiro atoms. The molecule has 0 aliphatic rings. The maximum absolute atomic E-state index is 11.4. The van der Waals surface area contributed by atoms with E-state index in [0.717, 1.165) is 6.16 Å². The van der Waals surface area contributed by atoms with Gasteiger partial charge in [0, 0.05) is 0 Å². The Kier molecular flexibility index (Phi) is 7.56. The highest BCUT2D eigenvalue weighted by atomic mass is 79.9. The number of halogens is 1. The first-order valence-electron chi connectivity index (χ1n) is 8.45. The normalized spacial score (nSPS) is 10.8. The zero-order valence-corrected chi connectivity index (χ0v) is 16.9. The Morgan fingerprint density at radius 3 is 1.58 bits per heavy atom. The van der Waals surface area contributed by atoms with E-state index in [1.165, 1.54) is 16.2 Å². The van der Waals surface area contributed by atoms with E-state index in [0.29, 0.717) is 6.16 Å². The van der Waals surface area contributed by atoms with Gasteiger partial charge in [-0.25, -0.2) is 0 Å². The summed E-state index contributed by atoms with van der Waals surface area (Å²) in [6.07, 6.45) is 1.74. The van der Waals surface area contributed by atoms with Gasteiger partial charge in [-0.3, -0.25) is 4.79 Å². The lowest BCUT2D eigenvalue weighted by atomic mass is 10.2. The Hall–Kier alpha value is -1.96. The predicted octanol–water partition coefficient (Wildman–Crippen LogP) is 1.33. The van der Waals surface area contributed by atoms with Gasteiger partial charge in [-0.05, 0) is 29.8 Å². The average Bonchev–Trinajstić information content (AvgIpc) is 2.67.